The molecule has 1 aromatic carbocycles. The van der Waals surface area contributed by atoms with Gasteiger partial charge < -0.3 is 4.74 Å². The Balaban J connectivity index is 3.15. The van der Waals surface area contributed by atoms with Crippen molar-refractivity contribution < 1.29 is 18.4 Å². The van der Waals surface area contributed by atoms with Crippen molar-refractivity contribution in [2.24, 2.45) is 0 Å². The summed E-state index contributed by atoms with van der Waals surface area (Å²) in [5.41, 5.74) is -0.0754. The van der Waals surface area contributed by atoms with Crippen LogP contribution in [0.5, 0.6) is 5.75 Å². The van der Waals surface area contributed by atoms with Crippen molar-refractivity contribution in [1.29, 1.82) is 0 Å². The maximum absolute atomic E-state index is 11.9. The molecule has 1 aromatic rings. The minimum absolute atomic E-state index is 0.189. The van der Waals surface area contributed by atoms with Crippen molar-refractivity contribution in [2.75, 3.05) is 0 Å². The van der Waals surface area contributed by atoms with Crippen molar-refractivity contribution >= 4 is 17.3 Å². The molecule has 1 rings (SSSR count). The number of alkyl halides is 2. The molecule has 4 nitrogen and oxygen atoms in total. The molecule has 0 aromatic heterocycles. The third-order valence-corrected chi connectivity index (χ3v) is 1.91. The molecule has 0 unspecified atom stereocenters. The van der Waals surface area contributed by atoms with Crippen LogP contribution in [-0.2, 0) is 0 Å². The van der Waals surface area contributed by atoms with E-state index >= 15 is 0 Å². The monoisotopic (exact) mass is 237 g/mol. The molecule has 0 saturated carbocycles. The van der Waals surface area contributed by atoms with Gasteiger partial charge in [-0.2, -0.15) is 8.78 Å². The van der Waals surface area contributed by atoms with Crippen molar-refractivity contribution in [3.05, 3.63) is 32.8 Å². The highest BCUT2D eigenvalue weighted by molar-refractivity contribution is 6.32. The van der Waals surface area contributed by atoms with Gasteiger partial charge in [-0.05, 0) is 12.5 Å². The van der Waals surface area contributed by atoms with E-state index in [2.05, 4.69) is 4.74 Å². The molecule has 0 amide bonds. The van der Waals surface area contributed by atoms with Gasteiger partial charge in [0.15, 0.2) is 0 Å². The second-order valence-electron chi connectivity index (χ2n) is 2.71. The Morgan fingerprint density at radius 1 is 1.53 bits per heavy atom. The first-order valence-electron chi connectivity index (χ1n) is 3.81. The number of rotatable bonds is 3. The number of halogens is 3. The smallest absolute Gasteiger partial charge is 0.387 e. The van der Waals surface area contributed by atoms with E-state index in [9.17, 15) is 18.9 Å². The lowest BCUT2D eigenvalue weighted by Crippen LogP contribution is -2.04. The highest BCUT2D eigenvalue weighted by Gasteiger charge is 2.16. The van der Waals surface area contributed by atoms with E-state index in [1.165, 1.54) is 6.92 Å². The molecule has 0 bridgehead atoms. The van der Waals surface area contributed by atoms with Gasteiger partial charge in [0.1, 0.15) is 5.75 Å². The van der Waals surface area contributed by atoms with Crippen molar-refractivity contribution in [1.82, 2.24) is 0 Å². The number of aryl methyl sites for hydroxylation is 1. The number of nitro benzene ring substituents is 1. The molecular weight excluding hydrogens is 232 g/mol. The number of nitro groups is 1. The molecule has 0 saturated heterocycles. The quantitative estimate of drug-likeness (QED) is 0.599. The topological polar surface area (TPSA) is 52.4 Å². The minimum atomic E-state index is -3.01. The average molecular weight is 238 g/mol. The van der Waals surface area contributed by atoms with Gasteiger partial charge in [-0.25, -0.2) is 0 Å². The number of hydrogen-bond acceptors (Lipinski definition) is 3. The normalized spacial score (nSPS) is 10.5. The molecule has 0 heterocycles. The van der Waals surface area contributed by atoms with Gasteiger partial charge in [0.05, 0.1) is 9.95 Å². The molecular formula is C8H6ClF2NO3. The molecule has 7 heteroatoms. The Kier molecular flexibility index (Phi) is 3.41. The molecule has 0 aliphatic heterocycles. The summed E-state index contributed by atoms with van der Waals surface area (Å²) in [4.78, 5) is 9.74. The van der Waals surface area contributed by atoms with E-state index in [0.717, 1.165) is 12.1 Å². The van der Waals surface area contributed by atoms with Crippen LogP contribution in [-0.4, -0.2) is 11.5 Å². The van der Waals surface area contributed by atoms with Gasteiger partial charge in [-0.3, -0.25) is 10.1 Å². The van der Waals surface area contributed by atoms with Crippen LogP contribution in [0, 0.1) is 17.0 Å². The summed E-state index contributed by atoms with van der Waals surface area (Å²) in [5.74, 6) is -0.239. The zero-order valence-electron chi connectivity index (χ0n) is 7.54. The lowest BCUT2D eigenvalue weighted by Gasteiger charge is -2.09. The fourth-order valence-corrected chi connectivity index (χ4v) is 1.36. The lowest BCUT2D eigenvalue weighted by molar-refractivity contribution is -0.384. The van der Waals surface area contributed by atoms with Gasteiger partial charge >= 0.3 is 6.61 Å². The Morgan fingerprint density at radius 2 is 2.13 bits per heavy atom. The first-order valence-corrected chi connectivity index (χ1v) is 4.19. The fraction of sp³-hybridized carbons (Fsp3) is 0.250. The summed E-state index contributed by atoms with van der Waals surface area (Å²) >= 11 is 5.56. The SMILES string of the molecule is Cc1cc([N+](=O)[O-])cc(Cl)c1OC(F)F. The highest BCUT2D eigenvalue weighted by atomic mass is 35.5. The molecule has 0 N–H and O–H groups in total. The van der Waals surface area contributed by atoms with Gasteiger partial charge in [0.25, 0.3) is 5.69 Å². The van der Waals surface area contributed by atoms with E-state index in [1.807, 2.05) is 0 Å². The van der Waals surface area contributed by atoms with Crippen molar-refractivity contribution in [3.8, 4) is 5.75 Å². The minimum Gasteiger partial charge on any atom is -0.433 e. The summed E-state index contributed by atoms with van der Waals surface area (Å²) in [6.45, 7) is -1.61. The maximum Gasteiger partial charge on any atom is 0.387 e. The maximum atomic E-state index is 11.9. The third-order valence-electron chi connectivity index (χ3n) is 1.63. The second kappa shape index (κ2) is 4.39. The molecule has 15 heavy (non-hydrogen) atoms. The Hall–Kier alpha value is -1.43. The number of benzene rings is 1. The summed E-state index contributed by atoms with van der Waals surface area (Å²) in [6, 6.07) is 2.08. The Morgan fingerprint density at radius 3 is 2.53 bits per heavy atom. The van der Waals surface area contributed by atoms with Crippen molar-refractivity contribution in [2.45, 2.75) is 13.5 Å². The van der Waals surface area contributed by atoms with E-state index in [0.29, 0.717) is 0 Å². The molecule has 82 valence electrons. The van der Waals surface area contributed by atoms with E-state index in [1.54, 1.807) is 0 Å². The molecule has 0 radical (unpaired) electrons. The summed E-state index contributed by atoms with van der Waals surface area (Å²) in [6.07, 6.45) is 0. The standard InChI is InChI=1S/C8H6ClF2NO3/c1-4-2-5(12(13)14)3-6(9)7(4)15-8(10)11/h2-3,8H,1H3. The van der Waals surface area contributed by atoms with Crippen LogP contribution >= 0.6 is 11.6 Å². The van der Waals surface area contributed by atoms with Crippen LogP contribution in [0.3, 0.4) is 0 Å². The molecule has 0 aliphatic rings. The van der Waals surface area contributed by atoms with Crippen molar-refractivity contribution in [3.63, 3.8) is 0 Å². The van der Waals surface area contributed by atoms with Gasteiger partial charge in [-0.1, -0.05) is 11.6 Å². The first kappa shape index (κ1) is 11.6. The predicted octanol–water partition coefficient (Wildman–Crippen LogP) is 3.16. The second-order valence-corrected chi connectivity index (χ2v) is 3.12. The van der Waals surface area contributed by atoms with Gasteiger partial charge in [0, 0.05) is 12.1 Å². The Bertz CT molecular complexity index is 374. The van der Waals surface area contributed by atoms with Crippen LogP contribution in [0.4, 0.5) is 14.5 Å². The van der Waals surface area contributed by atoms with Crippen LogP contribution in [0.2, 0.25) is 5.02 Å². The Labute approximate surface area is 88.6 Å². The van der Waals surface area contributed by atoms with E-state index in [4.69, 9.17) is 11.6 Å². The van der Waals surface area contributed by atoms with Crippen LogP contribution < -0.4 is 4.74 Å². The average Bonchev–Trinajstić information content (AvgIpc) is 2.10. The summed E-state index contributed by atoms with van der Waals surface area (Å²) < 4.78 is 28.0. The zero-order chi connectivity index (χ0) is 11.6. The van der Waals surface area contributed by atoms with E-state index in [-0.39, 0.29) is 22.0 Å². The van der Waals surface area contributed by atoms with Crippen LogP contribution in [0.1, 0.15) is 5.56 Å². The summed E-state index contributed by atoms with van der Waals surface area (Å²) in [5, 5.41) is 10.2. The van der Waals surface area contributed by atoms with E-state index < -0.39 is 11.5 Å². The summed E-state index contributed by atoms with van der Waals surface area (Å²) in [7, 11) is 0. The van der Waals surface area contributed by atoms with Crippen LogP contribution in [0.15, 0.2) is 12.1 Å². The predicted molar refractivity (Wildman–Crippen MR) is 49.5 cm³/mol. The third kappa shape index (κ3) is 2.76. The number of hydrogen-bond donors (Lipinski definition) is 0. The van der Waals surface area contributed by atoms with Gasteiger partial charge in [-0.15, -0.1) is 0 Å². The molecule has 0 atom stereocenters. The van der Waals surface area contributed by atoms with Crippen LogP contribution in [0.25, 0.3) is 0 Å². The fourth-order valence-electron chi connectivity index (χ4n) is 1.06. The zero-order valence-corrected chi connectivity index (χ0v) is 8.29. The molecule has 0 spiro atoms. The molecule has 0 fully saturated rings. The lowest BCUT2D eigenvalue weighted by atomic mass is 10.2. The molecule has 0 aliphatic carbocycles. The number of non-ortho nitro benzene ring substituents is 1. The highest BCUT2D eigenvalue weighted by Crippen LogP contribution is 2.33. The largest absolute Gasteiger partial charge is 0.433 e. The first-order chi connectivity index (χ1) is 6.91. The number of nitrogens with zero attached hydrogens (tertiary/aromatic N) is 1. The number of ether oxygens (including phenoxy) is 1. The van der Waals surface area contributed by atoms with Gasteiger partial charge in [0.2, 0.25) is 0 Å².